The molecule has 5 heteroatoms. The standard InChI is InChI=1S/C12H8FNO3/c13-9-6-7-10(15)12(14(16)17)11(9)8-4-2-1-3-5-8/h1-7,15H. The van der Waals surface area contributed by atoms with Gasteiger partial charge in [0.05, 0.1) is 10.5 Å². The minimum absolute atomic E-state index is 0.199. The quantitative estimate of drug-likeness (QED) is 0.640. The van der Waals surface area contributed by atoms with Crippen molar-refractivity contribution in [1.82, 2.24) is 0 Å². The van der Waals surface area contributed by atoms with Crippen molar-refractivity contribution in [3.63, 3.8) is 0 Å². The van der Waals surface area contributed by atoms with E-state index in [0.717, 1.165) is 12.1 Å². The SMILES string of the molecule is O=[N+]([O-])c1c(O)ccc(F)c1-c1ccccc1. The Bertz CT molecular complexity index is 569. The maximum Gasteiger partial charge on any atom is 0.321 e. The van der Waals surface area contributed by atoms with E-state index in [1.807, 2.05) is 0 Å². The fourth-order valence-corrected chi connectivity index (χ4v) is 1.62. The van der Waals surface area contributed by atoms with E-state index in [4.69, 9.17) is 0 Å². The monoisotopic (exact) mass is 233 g/mol. The van der Waals surface area contributed by atoms with E-state index in [0.29, 0.717) is 5.56 Å². The summed E-state index contributed by atoms with van der Waals surface area (Å²) in [5, 5.41) is 20.3. The summed E-state index contributed by atoms with van der Waals surface area (Å²) in [6.07, 6.45) is 0. The molecule has 0 saturated heterocycles. The zero-order valence-corrected chi connectivity index (χ0v) is 8.63. The predicted octanol–water partition coefficient (Wildman–Crippen LogP) is 3.11. The Morgan fingerprint density at radius 2 is 1.76 bits per heavy atom. The van der Waals surface area contributed by atoms with E-state index in [2.05, 4.69) is 0 Å². The second kappa shape index (κ2) is 4.21. The number of aromatic hydroxyl groups is 1. The first-order valence-corrected chi connectivity index (χ1v) is 4.82. The highest BCUT2D eigenvalue weighted by Gasteiger charge is 2.24. The summed E-state index contributed by atoms with van der Waals surface area (Å²) >= 11 is 0. The van der Waals surface area contributed by atoms with Crippen molar-refractivity contribution in [2.45, 2.75) is 0 Å². The molecule has 2 rings (SSSR count). The molecule has 4 nitrogen and oxygen atoms in total. The molecule has 86 valence electrons. The van der Waals surface area contributed by atoms with Crippen LogP contribution in [0.15, 0.2) is 42.5 Å². The van der Waals surface area contributed by atoms with E-state index in [-0.39, 0.29) is 5.56 Å². The highest BCUT2D eigenvalue weighted by Crippen LogP contribution is 2.38. The van der Waals surface area contributed by atoms with E-state index in [1.54, 1.807) is 30.3 Å². The molecule has 0 aromatic heterocycles. The highest BCUT2D eigenvalue weighted by molar-refractivity contribution is 5.77. The number of hydrogen-bond acceptors (Lipinski definition) is 3. The Kier molecular flexibility index (Phi) is 2.74. The summed E-state index contributed by atoms with van der Waals surface area (Å²) < 4.78 is 13.7. The van der Waals surface area contributed by atoms with Crippen molar-refractivity contribution in [3.8, 4) is 16.9 Å². The zero-order valence-electron chi connectivity index (χ0n) is 8.63. The summed E-state index contributed by atoms with van der Waals surface area (Å²) in [4.78, 5) is 10.1. The van der Waals surface area contributed by atoms with Gasteiger partial charge in [0.1, 0.15) is 5.82 Å². The van der Waals surface area contributed by atoms with Gasteiger partial charge in [0.15, 0.2) is 5.75 Å². The van der Waals surface area contributed by atoms with Crippen LogP contribution >= 0.6 is 0 Å². The number of rotatable bonds is 2. The largest absolute Gasteiger partial charge is 0.502 e. The van der Waals surface area contributed by atoms with Crippen LogP contribution in [0.1, 0.15) is 0 Å². The molecule has 0 aliphatic carbocycles. The molecule has 2 aromatic carbocycles. The van der Waals surface area contributed by atoms with Crippen LogP contribution in [-0.4, -0.2) is 10.0 Å². The van der Waals surface area contributed by atoms with Gasteiger partial charge in [-0.15, -0.1) is 0 Å². The Balaban J connectivity index is 2.76. The topological polar surface area (TPSA) is 63.4 Å². The van der Waals surface area contributed by atoms with E-state index >= 15 is 0 Å². The Morgan fingerprint density at radius 3 is 2.35 bits per heavy atom. The lowest BCUT2D eigenvalue weighted by Gasteiger charge is -2.05. The normalized spacial score (nSPS) is 10.2. The van der Waals surface area contributed by atoms with Gasteiger partial charge >= 0.3 is 5.69 Å². The van der Waals surface area contributed by atoms with Crippen LogP contribution in [0.4, 0.5) is 10.1 Å². The average Bonchev–Trinajstić information content (AvgIpc) is 2.32. The number of phenolic OH excluding ortho intramolecular Hbond substituents is 1. The number of phenols is 1. The molecule has 0 spiro atoms. The second-order valence-corrected chi connectivity index (χ2v) is 3.41. The van der Waals surface area contributed by atoms with Crippen molar-refractivity contribution in [1.29, 1.82) is 0 Å². The molecule has 2 aromatic rings. The summed E-state index contributed by atoms with van der Waals surface area (Å²) in [6.45, 7) is 0. The van der Waals surface area contributed by atoms with E-state index < -0.39 is 22.2 Å². The van der Waals surface area contributed by atoms with Gasteiger partial charge in [-0.2, -0.15) is 0 Å². The van der Waals surface area contributed by atoms with Crippen LogP contribution in [0.5, 0.6) is 5.75 Å². The number of nitro groups is 1. The average molecular weight is 233 g/mol. The molecule has 0 amide bonds. The van der Waals surface area contributed by atoms with Gasteiger partial charge in [0, 0.05) is 0 Å². The molecule has 0 radical (unpaired) electrons. The Labute approximate surface area is 96.1 Å². The Morgan fingerprint density at radius 1 is 1.12 bits per heavy atom. The molecule has 0 heterocycles. The molecule has 0 saturated carbocycles. The van der Waals surface area contributed by atoms with Crippen LogP contribution in [0.2, 0.25) is 0 Å². The summed E-state index contributed by atoms with van der Waals surface area (Å²) in [5.41, 5.74) is -0.459. The molecular formula is C12H8FNO3. The molecule has 0 aliphatic heterocycles. The zero-order chi connectivity index (χ0) is 12.4. The first-order valence-electron chi connectivity index (χ1n) is 4.82. The van der Waals surface area contributed by atoms with Gasteiger partial charge in [-0.3, -0.25) is 10.1 Å². The molecule has 0 aliphatic rings. The van der Waals surface area contributed by atoms with Crippen molar-refractivity contribution in [2.24, 2.45) is 0 Å². The van der Waals surface area contributed by atoms with Crippen molar-refractivity contribution < 1.29 is 14.4 Å². The third-order valence-corrected chi connectivity index (χ3v) is 2.35. The summed E-state index contributed by atoms with van der Waals surface area (Å²) in [6, 6.07) is 10.1. The van der Waals surface area contributed by atoms with Crippen LogP contribution in [0.25, 0.3) is 11.1 Å². The minimum Gasteiger partial charge on any atom is -0.502 e. The number of halogens is 1. The lowest BCUT2D eigenvalue weighted by Crippen LogP contribution is -1.95. The van der Waals surface area contributed by atoms with Gasteiger partial charge in [0.25, 0.3) is 0 Å². The van der Waals surface area contributed by atoms with Crippen molar-refractivity contribution >= 4 is 5.69 Å². The van der Waals surface area contributed by atoms with Gasteiger partial charge < -0.3 is 5.11 Å². The minimum atomic E-state index is -0.791. The number of hydrogen-bond donors (Lipinski definition) is 1. The number of nitro benzene ring substituents is 1. The van der Waals surface area contributed by atoms with Gasteiger partial charge in [-0.25, -0.2) is 4.39 Å². The van der Waals surface area contributed by atoms with Crippen molar-refractivity contribution in [2.75, 3.05) is 0 Å². The van der Waals surface area contributed by atoms with Gasteiger partial charge in [0.2, 0.25) is 0 Å². The molecular weight excluding hydrogens is 225 g/mol. The molecule has 0 bridgehead atoms. The smallest absolute Gasteiger partial charge is 0.321 e. The van der Waals surface area contributed by atoms with E-state index in [9.17, 15) is 19.6 Å². The number of benzene rings is 2. The lowest BCUT2D eigenvalue weighted by atomic mass is 10.0. The lowest BCUT2D eigenvalue weighted by molar-refractivity contribution is -0.385. The van der Waals surface area contributed by atoms with Crippen LogP contribution < -0.4 is 0 Å². The fraction of sp³-hybridized carbons (Fsp3) is 0. The second-order valence-electron chi connectivity index (χ2n) is 3.41. The van der Waals surface area contributed by atoms with Crippen LogP contribution in [0, 0.1) is 15.9 Å². The molecule has 17 heavy (non-hydrogen) atoms. The predicted molar refractivity (Wildman–Crippen MR) is 60.2 cm³/mol. The molecule has 0 fully saturated rings. The summed E-state index contributed by atoms with van der Waals surface area (Å²) in [5.74, 6) is -1.28. The molecule has 1 N–H and O–H groups in total. The molecule has 0 unspecified atom stereocenters. The first kappa shape index (κ1) is 11.1. The van der Waals surface area contributed by atoms with Crippen LogP contribution in [-0.2, 0) is 0 Å². The Hall–Kier alpha value is -2.43. The third-order valence-electron chi connectivity index (χ3n) is 2.35. The fourth-order valence-electron chi connectivity index (χ4n) is 1.62. The molecule has 0 atom stereocenters. The maximum atomic E-state index is 13.7. The van der Waals surface area contributed by atoms with Crippen molar-refractivity contribution in [3.05, 3.63) is 58.4 Å². The van der Waals surface area contributed by atoms with Crippen LogP contribution in [0.3, 0.4) is 0 Å². The maximum absolute atomic E-state index is 13.7. The summed E-state index contributed by atoms with van der Waals surface area (Å²) in [7, 11) is 0. The third kappa shape index (κ3) is 1.94. The number of nitrogens with zero attached hydrogens (tertiary/aromatic N) is 1. The first-order chi connectivity index (χ1) is 8.11. The van der Waals surface area contributed by atoms with E-state index in [1.165, 1.54) is 0 Å². The van der Waals surface area contributed by atoms with Gasteiger partial charge in [-0.05, 0) is 17.7 Å². The van der Waals surface area contributed by atoms with Gasteiger partial charge in [-0.1, -0.05) is 30.3 Å². The highest BCUT2D eigenvalue weighted by atomic mass is 19.1.